The molecule has 0 spiro atoms. The number of pyridine rings is 2. The van der Waals surface area contributed by atoms with Crippen molar-refractivity contribution in [1.29, 1.82) is 0 Å². The molecule has 1 saturated heterocycles. The van der Waals surface area contributed by atoms with Crippen LogP contribution < -0.4 is 10.1 Å². The molecule has 0 radical (unpaired) electrons. The molecule has 1 amide bonds. The van der Waals surface area contributed by atoms with Crippen LogP contribution in [-0.2, 0) is 10.9 Å². The van der Waals surface area contributed by atoms with E-state index in [4.69, 9.17) is 9.47 Å². The van der Waals surface area contributed by atoms with Crippen LogP contribution >= 0.6 is 0 Å². The summed E-state index contributed by atoms with van der Waals surface area (Å²) in [6.45, 7) is 6.43. The summed E-state index contributed by atoms with van der Waals surface area (Å²) in [5.41, 5.74) is 2.27. The van der Waals surface area contributed by atoms with Gasteiger partial charge in [0.2, 0.25) is 0 Å². The summed E-state index contributed by atoms with van der Waals surface area (Å²) >= 11 is 0. The molecular formula is C28H27F3N6O3. The Hall–Kier alpha value is -4.29. The van der Waals surface area contributed by atoms with Crippen LogP contribution in [0.3, 0.4) is 0 Å². The van der Waals surface area contributed by atoms with Gasteiger partial charge in [-0.1, -0.05) is 6.07 Å². The van der Waals surface area contributed by atoms with Crippen LogP contribution in [0.15, 0.2) is 67.4 Å². The van der Waals surface area contributed by atoms with Crippen LogP contribution in [0.5, 0.6) is 5.75 Å². The monoisotopic (exact) mass is 552 g/mol. The summed E-state index contributed by atoms with van der Waals surface area (Å²) in [6, 6.07) is 8.95. The number of aromatic nitrogens is 4. The Kier molecular flexibility index (Phi) is 8.08. The van der Waals surface area contributed by atoms with Gasteiger partial charge in [0.05, 0.1) is 25.1 Å². The van der Waals surface area contributed by atoms with E-state index in [1.165, 1.54) is 6.07 Å². The second-order valence-corrected chi connectivity index (χ2v) is 9.23. The normalized spacial score (nSPS) is 14.2. The van der Waals surface area contributed by atoms with Crippen molar-refractivity contribution in [3.05, 3.63) is 84.2 Å². The lowest BCUT2D eigenvalue weighted by atomic mass is 10.1. The first-order valence-electron chi connectivity index (χ1n) is 12.7. The molecule has 0 bridgehead atoms. The van der Waals surface area contributed by atoms with Crippen molar-refractivity contribution in [2.45, 2.75) is 13.1 Å². The van der Waals surface area contributed by atoms with Crippen molar-refractivity contribution < 1.29 is 27.4 Å². The molecule has 0 saturated carbocycles. The van der Waals surface area contributed by atoms with Gasteiger partial charge < -0.3 is 14.8 Å². The Bertz CT molecular complexity index is 1480. The summed E-state index contributed by atoms with van der Waals surface area (Å²) < 4.78 is 52.2. The number of carbonyl (C=O) groups is 1. The number of benzene rings is 1. The molecule has 4 heterocycles. The molecule has 1 aliphatic heterocycles. The predicted molar refractivity (Wildman–Crippen MR) is 141 cm³/mol. The Labute approximate surface area is 228 Å². The van der Waals surface area contributed by atoms with E-state index in [-0.39, 0.29) is 5.56 Å². The van der Waals surface area contributed by atoms with E-state index in [0.717, 1.165) is 61.8 Å². The van der Waals surface area contributed by atoms with E-state index in [2.05, 4.69) is 25.3 Å². The number of nitrogens with zero attached hydrogens (tertiary/aromatic N) is 5. The topological polar surface area (TPSA) is 94.4 Å². The van der Waals surface area contributed by atoms with E-state index >= 15 is 0 Å². The molecule has 9 nitrogen and oxygen atoms in total. The first-order chi connectivity index (χ1) is 19.3. The SMILES string of the molecule is Cc1ccc(NC(=O)c2ccnc(C(F)(F)F)c2)cc1-n1cc(-c2cnccc2OCCN2CCOCC2)cn1. The highest BCUT2D eigenvalue weighted by molar-refractivity contribution is 6.04. The van der Waals surface area contributed by atoms with Gasteiger partial charge in [0.1, 0.15) is 18.1 Å². The third kappa shape index (κ3) is 6.46. The number of halogens is 3. The number of nitrogens with one attached hydrogen (secondary N) is 1. The maximum atomic E-state index is 13.0. The number of amides is 1. The molecule has 208 valence electrons. The minimum atomic E-state index is -4.65. The molecule has 1 fully saturated rings. The summed E-state index contributed by atoms with van der Waals surface area (Å²) in [5.74, 6) is 0.00853. The van der Waals surface area contributed by atoms with Gasteiger partial charge in [0.25, 0.3) is 5.91 Å². The summed E-state index contributed by atoms with van der Waals surface area (Å²) in [5, 5.41) is 7.16. The zero-order valence-corrected chi connectivity index (χ0v) is 21.7. The van der Waals surface area contributed by atoms with E-state index in [1.807, 2.05) is 19.2 Å². The summed E-state index contributed by atoms with van der Waals surface area (Å²) in [7, 11) is 0. The molecule has 4 aromatic rings. The number of ether oxygens (including phenoxy) is 2. The fourth-order valence-corrected chi connectivity index (χ4v) is 4.29. The predicted octanol–water partition coefficient (Wildman–Crippen LogP) is 4.62. The van der Waals surface area contributed by atoms with Crippen LogP contribution in [0.4, 0.5) is 18.9 Å². The first-order valence-corrected chi connectivity index (χ1v) is 12.7. The maximum absolute atomic E-state index is 13.0. The number of hydrogen-bond acceptors (Lipinski definition) is 7. The molecule has 3 aromatic heterocycles. The molecule has 1 aliphatic rings. The van der Waals surface area contributed by atoms with Gasteiger partial charge in [-0.05, 0) is 42.8 Å². The minimum Gasteiger partial charge on any atom is -0.491 e. The van der Waals surface area contributed by atoms with Crippen LogP contribution in [0.2, 0.25) is 0 Å². The largest absolute Gasteiger partial charge is 0.491 e. The Morgan fingerprint density at radius 2 is 1.93 bits per heavy atom. The third-order valence-electron chi connectivity index (χ3n) is 6.47. The van der Waals surface area contributed by atoms with Gasteiger partial charge in [-0.2, -0.15) is 18.3 Å². The van der Waals surface area contributed by atoms with Gasteiger partial charge in [0, 0.05) is 66.8 Å². The van der Waals surface area contributed by atoms with Gasteiger partial charge in [-0.25, -0.2) is 4.68 Å². The van der Waals surface area contributed by atoms with E-state index < -0.39 is 17.8 Å². The zero-order chi connectivity index (χ0) is 28.1. The van der Waals surface area contributed by atoms with E-state index in [0.29, 0.717) is 23.7 Å². The molecule has 12 heteroatoms. The lowest BCUT2D eigenvalue weighted by Gasteiger charge is -2.26. The lowest BCUT2D eigenvalue weighted by molar-refractivity contribution is -0.141. The number of rotatable bonds is 8. The van der Waals surface area contributed by atoms with Crippen molar-refractivity contribution in [2.24, 2.45) is 0 Å². The highest BCUT2D eigenvalue weighted by Crippen LogP contribution is 2.31. The van der Waals surface area contributed by atoms with Crippen LogP contribution in [-0.4, -0.2) is 70.0 Å². The zero-order valence-electron chi connectivity index (χ0n) is 21.7. The van der Waals surface area contributed by atoms with Crippen molar-refractivity contribution >= 4 is 11.6 Å². The van der Waals surface area contributed by atoms with Crippen molar-refractivity contribution in [3.63, 3.8) is 0 Å². The number of alkyl halides is 3. The average Bonchev–Trinajstić information content (AvgIpc) is 3.44. The fourth-order valence-electron chi connectivity index (χ4n) is 4.29. The summed E-state index contributed by atoms with van der Waals surface area (Å²) in [6.07, 6.45) is 3.24. The standard InChI is InChI=1S/C28H27F3N6O3/c1-19-2-3-22(35-27(38)20-4-7-33-26(14-20)28(29,30)31)15-24(19)37-18-21(16-34-37)23-17-32-6-5-25(23)40-13-10-36-8-11-39-12-9-36/h2-7,14-18H,8-13H2,1H3,(H,35,38). The number of hydrogen-bond donors (Lipinski definition) is 1. The third-order valence-corrected chi connectivity index (χ3v) is 6.47. The second-order valence-electron chi connectivity index (χ2n) is 9.23. The Morgan fingerprint density at radius 3 is 2.73 bits per heavy atom. The number of morpholine rings is 1. The fraction of sp³-hybridized carbons (Fsp3) is 0.286. The van der Waals surface area contributed by atoms with Gasteiger partial charge in [-0.3, -0.25) is 19.7 Å². The van der Waals surface area contributed by atoms with E-state index in [1.54, 1.807) is 41.5 Å². The molecule has 0 atom stereocenters. The molecule has 0 aliphatic carbocycles. The lowest BCUT2D eigenvalue weighted by Crippen LogP contribution is -2.38. The molecule has 40 heavy (non-hydrogen) atoms. The van der Waals surface area contributed by atoms with E-state index in [9.17, 15) is 18.0 Å². The average molecular weight is 553 g/mol. The minimum absolute atomic E-state index is 0.149. The number of aryl methyl sites for hydroxylation is 1. The summed E-state index contributed by atoms with van der Waals surface area (Å²) in [4.78, 5) is 22.5. The molecule has 1 aromatic carbocycles. The molecule has 1 N–H and O–H groups in total. The highest BCUT2D eigenvalue weighted by atomic mass is 19.4. The molecule has 0 unspecified atom stereocenters. The van der Waals surface area contributed by atoms with Crippen molar-refractivity contribution in [1.82, 2.24) is 24.6 Å². The molecular weight excluding hydrogens is 525 g/mol. The second kappa shape index (κ2) is 11.8. The van der Waals surface area contributed by atoms with Gasteiger partial charge in [-0.15, -0.1) is 0 Å². The van der Waals surface area contributed by atoms with Crippen LogP contribution in [0.25, 0.3) is 16.8 Å². The van der Waals surface area contributed by atoms with Gasteiger partial charge >= 0.3 is 6.18 Å². The van der Waals surface area contributed by atoms with Gasteiger partial charge in [0.15, 0.2) is 0 Å². The number of carbonyl (C=O) groups excluding carboxylic acids is 1. The van der Waals surface area contributed by atoms with Crippen molar-refractivity contribution in [3.8, 4) is 22.6 Å². The quantitative estimate of drug-likeness (QED) is 0.341. The van der Waals surface area contributed by atoms with Crippen molar-refractivity contribution in [2.75, 3.05) is 44.8 Å². The Morgan fingerprint density at radius 1 is 1.10 bits per heavy atom. The first kappa shape index (κ1) is 27.3. The maximum Gasteiger partial charge on any atom is 0.433 e. The smallest absolute Gasteiger partial charge is 0.433 e. The Balaban J connectivity index is 1.31. The molecule has 5 rings (SSSR count). The van der Waals surface area contributed by atoms with Crippen LogP contribution in [0, 0.1) is 6.92 Å². The highest BCUT2D eigenvalue weighted by Gasteiger charge is 2.33. The number of anilines is 1. The van der Waals surface area contributed by atoms with Crippen LogP contribution in [0.1, 0.15) is 21.6 Å².